The van der Waals surface area contributed by atoms with E-state index < -0.39 is 0 Å². The van der Waals surface area contributed by atoms with Gasteiger partial charge in [0.15, 0.2) is 0 Å². The molecule has 1 heteroatoms. The first kappa shape index (κ1) is 12.2. The number of nitrogens with zero attached hydrogens (tertiary/aromatic N) is 1. The van der Waals surface area contributed by atoms with E-state index in [1.165, 1.54) is 44.9 Å². The molecule has 4 aliphatic rings. The molecule has 3 saturated carbocycles. The Kier molecular flexibility index (Phi) is 3.04. The predicted molar refractivity (Wildman–Crippen MR) is 80.4 cm³/mol. The van der Waals surface area contributed by atoms with Crippen molar-refractivity contribution in [1.29, 1.82) is 0 Å². The van der Waals surface area contributed by atoms with Gasteiger partial charge in [-0.25, -0.2) is 0 Å². The lowest BCUT2D eigenvalue weighted by atomic mass is 9.57. The van der Waals surface area contributed by atoms with E-state index >= 15 is 0 Å². The van der Waals surface area contributed by atoms with Crippen molar-refractivity contribution in [1.82, 2.24) is 0 Å². The molecule has 0 aliphatic heterocycles. The van der Waals surface area contributed by atoms with Crippen LogP contribution in [-0.4, -0.2) is 12.8 Å². The Labute approximate surface area is 117 Å². The lowest BCUT2D eigenvalue weighted by Gasteiger charge is -2.49. The Morgan fingerprint density at radius 2 is 1.89 bits per heavy atom. The number of hydrogen-bond donors (Lipinski definition) is 0. The van der Waals surface area contributed by atoms with Crippen LogP contribution in [-0.2, 0) is 0 Å². The molecule has 0 radical (unpaired) electrons. The molecule has 0 heterocycles. The highest BCUT2D eigenvalue weighted by atomic mass is 14.8. The molecule has 0 amide bonds. The summed E-state index contributed by atoms with van der Waals surface area (Å²) in [7, 11) is 0. The average molecular weight is 257 g/mol. The van der Waals surface area contributed by atoms with Crippen molar-refractivity contribution >= 4 is 6.72 Å². The van der Waals surface area contributed by atoms with E-state index in [1.54, 1.807) is 18.4 Å². The topological polar surface area (TPSA) is 12.4 Å². The summed E-state index contributed by atoms with van der Waals surface area (Å²) in [6.45, 7) is 3.77. The van der Waals surface area contributed by atoms with Crippen LogP contribution in [0.2, 0.25) is 0 Å². The van der Waals surface area contributed by atoms with Gasteiger partial charge in [0.1, 0.15) is 0 Å². The summed E-state index contributed by atoms with van der Waals surface area (Å²) in [6, 6.07) is 0.530. The van der Waals surface area contributed by atoms with Crippen molar-refractivity contribution in [2.24, 2.45) is 34.6 Å². The summed E-state index contributed by atoms with van der Waals surface area (Å²) in [5.74, 6) is 5.20. The third-order valence-electron chi connectivity index (χ3n) is 6.87. The minimum Gasteiger partial charge on any atom is -0.297 e. The second kappa shape index (κ2) is 4.75. The van der Waals surface area contributed by atoms with Gasteiger partial charge in [-0.2, -0.15) is 0 Å². The third-order valence-corrected chi connectivity index (χ3v) is 6.87. The first-order chi connectivity index (χ1) is 9.36. The SMILES string of the molecule is C=NC1CCC2C(=CCC3C4CCCC4CCC23)C1. The molecular formula is C18H27N. The fourth-order valence-corrected chi connectivity index (χ4v) is 6.02. The van der Waals surface area contributed by atoms with Gasteiger partial charge in [-0.3, -0.25) is 4.99 Å². The molecule has 1 nitrogen and oxygen atoms in total. The Balaban J connectivity index is 1.57. The van der Waals surface area contributed by atoms with Crippen LogP contribution in [0, 0.1) is 29.6 Å². The molecule has 0 saturated heterocycles. The van der Waals surface area contributed by atoms with E-state index in [9.17, 15) is 0 Å². The molecule has 6 unspecified atom stereocenters. The smallest absolute Gasteiger partial charge is 0.0529 e. The van der Waals surface area contributed by atoms with Crippen molar-refractivity contribution in [3.63, 3.8) is 0 Å². The molecule has 104 valence electrons. The molecule has 0 aromatic carbocycles. The maximum absolute atomic E-state index is 4.30. The largest absolute Gasteiger partial charge is 0.297 e. The van der Waals surface area contributed by atoms with Crippen LogP contribution in [0.15, 0.2) is 16.6 Å². The molecule has 0 aromatic heterocycles. The van der Waals surface area contributed by atoms with E-state index in [1.807, 2.05) is 0 Å². The molecule has 0 spiro atoms. The minimum absolute atomic E-state index is 0.530. The Hall–Kier alpha value is -0.590. The van der Waals surface area contributed by atoms with E-state index in [2.05, 4.69) is 17.8 Å². The second-order valence-electron chi connectivity index (χ2n) is 7.50. The van der Waals surface area contributed by atoms with Crippen LogP contribution < -0.4 is 0 Å². The maximum Gasteiger partial charge on any atom is 0.0529 e. The summed E-state index contributed by atoms with van der Waals surface area (Å²) in [5, 5.41) is 0. The molecule has 4 rings (SSSR count). The van der Waals surface area contributed by atoms with E-state index in [4.69, 9.17) is 0 Å². The minimum atomic E-state index is 0.530. The number of aliphatic imine (C=N–C) groups is 1. The van der Waals surface area contributed by atoms with Gasteiger partial charge in [-0.05, 0) is 81.3 Å². The van der Waals surface area contributed by atoms with Gasteiger partial charge in [0.25, 0.3) is 0 Å². The summed E-state index contributed by atoms with van der Waals surface area (Å²) >= 11 is 0. The van der Waals surface area contributed by atoms with Crippen molar-refractivity contribution < 1.29 is 0 Å². The van der Waals surface area contributed by atoms with Crippen LogP contribution in [0.4, 0.5) is 0 Å². The third kappa shape index (κ3) is 1.92. The zero-order valence-electron chi connectivity index (χ0n) is 12.1. The highest BCUT2D eigenvalue weighted by Gasteiger charge is 2.46. The van der Waals surface area contributed by atoms with Crippen LogP contribution in [0.1, 0.15) is 57.8 Å². The van der Waals surface area contributed by atoms with Crippen molar-refractivity contribution in [3.05, 3.63) is 11.6 Å². The van der Waals surface area contributed by atoms with Crippen molar-refractivity contribution in [2.45, 2.75) is 63.8 Å². The Morgan fingerprint density at radius 3 is 2.79 bits per heavy atom. The first-order valence-electron chi connectivity index (χ1n) is 8.51. The zero-order chi connectivity index (χ0) is 12.8. The van der Waals surface area contributed by atoms with Gasteiger partial charge >= 0.3 is 0 Å². The van der Waals surface area contributed by atoms with Gasteiger partial charge in [-0.1, -0.05) is 24.5 Å². The maximum atomic E-state index is 4.30. The Bertz CT molecular complexity index is 396. The monoisotopic (exact) mass is 257 g/mol. The molecule has 6 atom stereocenters. The fourth-order valence-electron chi connectivity index (χ4n) is 6.02. The van der Waals surface area contributed by atoms with Gasteiger partial charge < -0.3 is 0 Å². The highest BCUT2D eigenvalue weighted by molar-refractivity contribution is 5.26. The van der Waals surface area contributed by atoms with Crippen molar-refractivity contribution in [3.8, 4) is 0 Å². The van der Waals surface area contributed by atoms with Gasteiger partial charge in [0.05, 0.1) is 6.04 Å². The molecule has 4 aliphatic carbocycles. The normalized spacial score (nSPS) is 48.7. The molecule has 19 heavy (non-hydrogen) atoms. The Morgan fingerprint density at radius 1 is 0.947 bits per heavy atom. The zero-order valence-corrected chi connectivity index (χ0v) is 12.1. The molecular weight excluding hydrogens is 230 g/mol. The van der Waals surface area contributed by atoms with E-state index in [0.717, 1.165) is 29.6 Å². The summed E-state index contributed by atoms with van der Waals surface area (Å²) in [5.41, 5.74) is 1.77. The highest BCUT2D eigenvalue weighted by Crippen LogP contribution is 2.56. The van der Waals surface area contributed by atoms with Gasteiger partial charge in [-0.15, -0.1) is 0 Å². The fraction of sp³-hybridized carbons (Fsp3) is 0.833. The van der Waals surface area contributed by atoms with Gasteiger partial charge in [0, 0.05) is 0 Å². The average Bonchev–Trinajstić information content (AvgIpc) is 2.94. The lowest BCUT2D eigenvalue weighted by Crippen LogP contribution is -2.40. The summed E-state index contributed by atoms with van der Waals surface area (Å²) in [6.07, 6.45) is 15.6. The molecule has 0 N–H and O–H groups in total. The second-order valence-corrected chi connectivity index (χ2v) is 7.50. The van der Waals surface area contributed by atoms with Crippen LogP contribution in [0.3, 0.4) is 0 Å². The molecule has 3 fully saturated rings. The number of hydrogen-bond acceptors (Lipinski definition) is 1. The van der Waals surface area contributed by atoms with E-state index in [-0.39, 0.29) is 0 Å². The quantitative estimate of drug-likeness (QED) is 0.480. The van der Waals surface area contributed by atoms with Gasteiger partial charge in [0.2, 0.25) is 0 Å². The van der Waals surface area contributed by atoms with Crippen LogP contribution in [0.25, 0.3) is 0 Å². The number of rotatable bonds is 1. The first-order valence-corrected chi connectivity index (χ1v) is 8.51. The summed E-state index contributed by atoms with van der Waals surface area (Å²) < 4.78 is 0. The van der Waals surface area contributed by atoms with Crippen LogP contribution in [0.5, 0.6) is 0 Å². The molecule has 0 bridgehead atoms. The number of fused-ring (bicyclic) bond motifs is 5. The standard InChI is InChI=1S/C18H27N/c1-19-14-7-10-16-13(11-14)6-9-17-15-4-2-3-12(15)5-8-18(16)17/h6,12,14-18H,1-5,7-11H2. The van der Waals surface area contributed by atoms with Crippen LogP contribution >= 0.6 is 0 Å². The summed E-state index contributed by atoms with van der Waals surface area (Å²) in [4.78, 5) is 4.30. The number of allylic oxidation sites excluding steroid dienone is 1. The van der Waals surface area contributed by atoms with E-state index in [0.29, 0.717) is 6.04 Å². The molecule has 0 aromatic rings. The van der Waals surface area contributed by atoms with Crippen molar-refractivity contribution in [2.75, 3.05) is 0 Å². The lowest BCUT2D eigenvalue weighted by molar-refractivity contribution is 0.0623. The predicted octanol–water partition coefficient (Wildman–Crippen LogP) is 4.63.